The molecule has 1 fully saturated rings. The monoisotopic (exact) mass is 292 g/mol. The summed E-state index contributed by atoms with van der Waals surface area (Å²) in [5, 5.41) is 14.2. The Balaban J connectivity index is 2.21. The Bertz CT molecular complexity index is 602. The maximum atomic E-state index is 11.4. The number of hydrogen-bond acceptors (Lipinski definition) is 5. The van der Waals surface area contributed by atoms with Crippen LogP contribution in [0.4, 0.5) is 11.4 Å². The zero-order chi connectivity index (χ0) is 15.6. The van der Waals surface area contributed by atoms with Crippen molar-refractivity contribution in [1.82, 2.24) is 4.90 Å². The van der Waals surface area contributed by atoms with Crippen molar-refractivity contribution in [3.8, 4) is 0 Å². The molecule has 0 aromatic heterocycles. The number of nitrogens with two attached hydrogens (primary N) is 1. The van der Waals surface area contributed by atoms with E-state index in [1.807, 2.05) is 0 Å². The highest BCUT2D eigenvalue weighted by Crippen LogP contribution is 2.27. The highest BCUT2D eigenvalue weighted by atomic mass is 16.6. The molecule has 1 aromatic carbocycles. The van der Waals surface area contributed by atoms with E-state index in [0.717, 1.165) is 6.07 Å². The second-order valence-corrected chi connectivity index (χ2v) is 5.01. The lowest BCUT2D eigenvalue weighted by Gasteiger charge is -2.30. The molecular weight excluding hydrogens is 276 g/mol. The van der Waals surface area contributed by atoms with Gasteiger partial charge < -0.3 is 16.0 Å². The van der Waals surface area contributed by atoms with E-state index in [4.69, 9.17) is 5.73 Å². The van der Waals surface area contributed by atoms with Gasteiger partial charge in [-0.05, 0) is 18.6 Å². The van der Waals surface area contributed by atoms with E-state index in [1.165, 1.54) is 12.1 Å². The van der Waals surface area contributed by atoms with E-state index in [1.54, 1.807) is 11.9 Å². The molecule has 21 heavy (non-hydrogen) atoms. The topological polar surface area (TPSA) is 119 Å². The van der Waals surface area contributed by atoms with Crippen LogP contribution in [0.1, 0.15) is 23.2 Å². The third-order valence-electron chi connectivity index (χ3n) is 3.47. The molecule has 0 aliphatic carbocycles. The number of anilines is 1. The average Bonchev–Trinajstić information content (AvgIpc) is 2.43. The van der Waals surface area contributed by atoms with Crippen LogP contribution in [-0.4, -0.2) is 41.3 Å². The first-order chi connectivity index (χ1) is 9.88. The van der Waals surface area contributed by atoms with Crippen LogP contribution in [-0.2, 0) is 4.79 Å². The van der Waals surface area contributed by atoms with Gasteiger partial charge in [-0.15, -0.1) is 0 Å². The minimum Gasteiger partial charge on any atom is -0.375 e. The van der Waals surface area contributed by atoms with Gasteiger partial charge in [0.25, 0.3) is 5.69 Å². The Morgan fingerprint density at radius 1 is 1.52 bits per heavy atom. The Morgan fingerprint density at radius 3 is 2.81 bits per heavy atom. The van der Waals surface area contributed by atoms with Gasteiger partial charge in [0.2, 0.25) is 11.8 Å². The molecule has 0 bridgehead atoms. The number of rotatable bonds is 4. The van der Waals surface area contributed by atoms with Gasteiger partial charge in [-0.3, -0.25) is 19.7 Å². The maximum absolute atomic E-state index is 11.4. The summed E-state index contributed by atoms with van der Waals surface area (Å²) < 4.78 is 0. The van der Waals surface area contributed by atoms with Gasteiger partial charge in [0.05, 0.1) is 4.92 Å². The van der Waals surface area contributed by atoms with Gasteiger partial charge in [0.15, 0.2) is 0 Å². The molecule has 1 heterocycles. The molecule has 1 aliphatic rings. The molecule has 1 aliphatic heterocycles. The molecule has 2 rings (SSSR count). The van der Waals surface area contributed by atoms with Crippen LogP contribution in [0.15, 0.2) is 18.2 Å². The normalized spacial score (nSPS) is 18.4. The Kier molecular flexibility index (Phi) is 4.06. The van der Waals surface area contributed by atoms with Crippen molar-refractivity contribution < 1.29 is 14.5 Å². The molecule has 0 spiro atoms. The van der Waals surface area contributed by atoms with Gasteiger partial charge in [-0.25, -0.2) is 0 Å². The number of carbonyl (C=O) groups is 2. The highest BCUT2D eigenvalue weighted by molar-refractivity contribution is 5.94. The number of piperidine rings is 1. The SMILES string of the molecule is CN1CC(Nc2ccc(C(N)=O)cc2[N+](=O)[O-])CCC1=O. The number of amides is 2. The lowest BCUT2D eigenvalue weighted by Crippen LogP contribution is -2.43. The zero-order valence-corrected chi connectivity index (χ0v) is 11.5. The number of nitro benzene ring substituents is 1. The Morgan fingerprint density at radius 2 is 2.24 bits per heavy atom. The quantitative estimate of drug-likeness (QED) is 0.626. The number of primary amides is 1. The summed E-state index contributed by atoms with van der Waals surface area (Å²) in [5.41, 5.74) is 5.33. The predicted octanol–water partition coefficient (Wildman–Crippen LogP) is 0.726. The van der Waals surface area contributed by atoms with E-state index in [9.17, 15) is 19.7 Å². The third kappa shape index (κ3) is 3.28. The number of nitro groups is 1. The van der Waals surface area contributed by atoms with Crippen LogP contribution in [0.2, 0.25) is 0 Å². The van der Waals surface area contributed by atoms with Gasteiger partial charge in [-0.2, -0.15) is 0 Å². The predicted molar refractivity (Wildman–Crippen MR) is 75.9 cm³/mol. The number of nitrogens with one attached hydrogen (secondary N) is 1. The fourth-order valence-electron chi connectivity index (χ4n) is 2.31. The fraction of sp³-hybridized carbons (Fsp3) is 0.385. The van der Waals surface area contributed by atoms with Crippen molar-refractivity contribution in [2.24, 2.45) is 5.73 Å². The first-order valence-electron chi connectivity index (χ1n) is 6.47. The van der Waals surface area contributed by atoms with E-state index < -0.39 is 10.8 Å². The van der Waals surface area contributed by atoms with Gasteiger partial charge in [0.1, 0.15) is 5.69 Å². The summed E-state index contributed by atoms with van der Waals surface area (Å²) in [6.45, 7) is 0.480. The third-order valence-corrected chi connectivity index (χ3v) is 3.47. The summed E-state index contributed by atoms with van der Waals surface area (Å²) in [4.78, 5) is 34.6. The fourth-order valence-corrected chi connectivity index (χ4v) is 2.31. The van der Waals surface area contributed by atoms with Crippen LogP contribution in [0.25, 0.3) is 0 Å². The van der Waals surface area contributed by atoms with Crippen molar-refractivity contribution in [3.05, 3.63) is 33.9 Å². The smallest absolute Gasteiger partial charge is 0.293 e. The molecule has 8 nitrogen and oxygen atoms in total. The Labute approximate surface area is 121 Å². The molecule has 3 N–H and O–H groups in total. The molecule has 0 saturated carbocycles. The summed E-state index contributed by atoms with van der Waals surface area (Å²) in [6, 6.07) is 4.00. The second kappa shape index (κ2) is 5.78. The molecule has 1 aromatic rings. The summed E-state index contributed by atoms with van der Waals surface area (Å²) in [7, 11) is 1.70. The first-order valence-corrected chi connectivity index (χ1v) is 6.47. The van der Waals surface area contributed by atoms with Crippen molar-refractivity contribution >= 4 is 23.2 Å². The van der Waals surface area contributed by atoms with Crippen LogP contribution < -0.4 is 11.1 Å². The molecule has 1 unspecified atom stereocenters. The minimum atomic E-state index is -0.715. The molecule has 2 amide bonds. The largest absolute Gasteiger partial charge is 0.375 e. The van der Waals surface area contributed by atoms with Crippen LogP contribution in [0.3, 0.4) is 0 Å². The zero-order valence-electron chi connectivity index (χ0n) is 11.5. The molecule has 8 heteroatoms. The van der Waals surface area contributed by atoms with Crippen molar-refractivity contribution in [2.75, 3.05) is 18.9 Å². The molecular formula is C13H16N4O4. The molecule has 1 atom stereocenters. The average molecular weight is 292 g/mol. The molecule has 112 valence electrons. The lowest BCUT2D eigenvalue weighted by atomic mass is 10.0. The number of likely N-dealkylation sites (N-methyl/N-ethyl adjacent to an activating group) is 1. The van der Waals surface area contributed by atoms with E-state index in [-0.39, 0.29) is 23.2 Å². The summed E-state index contributed by atoms with van der Waals surface area (Å²) in [6.07, 6.45) is 1.01. The van der Waals surface area contributed by atoms with Crippen LogP contribution in [0.5, 0.6) is 0 Å². The number of carbonyl (C=O) groups excluding carboxylic acids is 2. The Hall–Kier alpha value is -2.64. The lowest BCUT2D eigenvalue weighted by molar-refractivity contribution is -0.384. The van der Waals surface area contributed by atoms with Crippen molar-refractivity contribution in [1.29, 1.82) is 0 Å². The second-order valence-electron chi connectivity index (χ2n) is 5.01. The summed E-state index contributed by atoms with van der Waals surface area (Å²) in [5.74, 6) is -0.653. The highest BCUT2D eigenvalue weighted by Gasteiger charge is 2.25. The number of hydrogen-bond donors (Lipinski definition) is 2. The number of likely N-dealkylation sites (tertiary alicyclic amines) is 1. The van der Waals surface area contributed by atoms with E-state index in [2.05, 4.69) is 5.32 Å². The van der Waals surface area contributed by atoms with E-state index in [0.29, 0.717) is 25.1 Å². The molecule has 1 saturated heterocycles. The van der Waals surface area contributed by atoms with Crippen molar-refractivity contribution in [2.45, 2.75) is 18.9 Å². The van der Waals surface area contributed by atoms with E-state index >= 15 is 0 Å². The summed E-state index contributed by atoms with van der Waals surface area (Å²) >= 11 is 0. The molecule has 0 radical (unpaired) electrons. The standard InChI is InChI=1S/C13H16N4O4/c1-16-7-9(3-5-12(16)18)15-10-4-2-8(13(14)19)6-11(10)17(20)21/h2,4,6,9,15H,3,5,7H2,1H3,(H2,14,19). The maximum Gasteiger partial charge on any atom is 0.293 e. The van der Waals surface area contributed by atoms with Crippen LogP contribution >= 0.6 is 0 Å². The van der Waals surface area contributed by atoms with Gasteiger partial charge >= 0.3 is 0 Å². The van der Waals surface area contributed by atoms with Crippen molar-refractivity contribution in [3.63, 3.8) is 0 Å². The minimum absolute atomic E-state index is 0.0617. The van der Waals surface area contributed by atoms with Crippen LogP contribution in [0, 0.1) is 10.1 Å². The number of nitrogens with zero attached hydrogens (tertiary/aromatic N) is 2. The van der Waals surface area contributed by atoms with Gasteiger partial charge in [0, 0.05) is 37.7 Å². The first kappa shape index (κ1) is 14.8. The number of benzene rings is 1. The van der Waals surface area contributed by atoms with Gasteiger partial charge in [-0.1, -0.05) is 0 Å².